The first-order valence-electron chi connectivity index (χ1n) is 7.82. The molecule has 1 aromatic carbocycles. The number of carbonyl (C=O) groups is 1. The highest BCUT2D eigenvalue weighted by molar-refractivity contribution is 5.83. The number of rotatable bonds is 5. The Bertz CT molecular complexity index is 803. The zero-order chi connectivity index (χ0) is 17.9. The van der Waals surface area contributed by atoms with E-state index in [1.54, 1.807) is 20.3 Å². The van der Waals surface area contributed by atoms with Crippen LogP contribution in [0.25, 0.3) is 10.9 Å². The van der Waals surface area contributed by atoms with Crippen molar-refractivity contribution in [1.29, 1.82) is 0 Å². The first-order valence-corrected chi connectivity index (χ1v) is 7.82. The quantitative estimate of drug-likeness (QED) is 0.880. The topological polar surface area (TPSA) is 80.4 Å². The lowest BCUT2D eigenvalue weighted by molar-refractivity contribution is -0.128. The zero-order valence-corrected chi connectivity index (χ0v) is 14.8. The summed E-state index contributed by atoms with van der Waals surface area (Å²) in [5.74, 6) is 1.13. The number of amides is 1. The Balaban J connectivity index is 2.24. The highest BCUT2D eigenvalue weighted by atomic mass is 16.5. The van der Waals surface area contributed by atoms with Crippen molar-refractivity contribution in [1.82, 2.24) is 10.3 Å². The van der Waals surface area contributed by atoms with Crippen LogP contribution in [0.4, 0.5) is 0 Å². The van der Waals surface area contributed by atoms with Gasteiger partial charge in [0, 0.05) is 29.0 Å². The highest BCUT2D eigenvalue weighted by Crippen LogP contribution is 2.31. The molecule has 0 fully saturated rings. The van der Waals surface area contributed by atoms with Gasteiger partial charge in [0.25, 0.3) is 5.56 Å². The summed E-state index contributed by atoms with van der Waals surface area (Å²) in [6.45, 7) is 5.97. The molecule has 130 valence electrons. The molecule has 0 bridgehead atoms. The number of H-pyrrole nitrogens is 1. The van der Waals surface area contributed by atoms with E-state index in [2.05, 4.69) is 10.3 Å². The first-order chi connectivity index (χ1) is 11.3. The lowest BCUT2D eigenvalue weighted by atomic mass is 9.95. The zero-order valence-electron chi connectivity index (χ0n) is 14.8. The van der Waals surface area contributed by atoms with Crippen molar-refractivity contribution in [3.05, 3.63) is 34.1 Å². The summed E-state index contributed by atoms with van der Waals surface area (Å²) >= 11 is 0. The van der Waals surface area contributed by atoms with Crippen LogP contribution in [0.15, 0.2) is 23.0 Å². The average molecular weight is 332 g/mol. The number of methoxy groups -OCH3 is 2. The number of hydrogen-bond acceptors (Lipinski definition) is 4. The maximum Gasteiger partial charge on any atom is 0.251 e. The van der Waals surface area contributed by atoms with Crippen molar-refractivity contribution < 1.29 is 14.3 Å². The van der Waals surface area contributed by atoms with E-state index >= 15 is 0 Å². The van der Waals surface area contributed by atoms with Gasteiger partial charge in [0.15, 0.2) is 11.5 Å². The average Bonchev–Trinajstić information content (AvgIpc) is 2.53. The summed E-state index contributed by atoms with van der Waals surface area (Å²) in [6.07, 6.45) is 0.460. The monoisotopic (exact) mass is 332 g/mol. The van der Waals surface area contributed by atoms with Gasteiger partial charge in [0.05, 0.1) is 19.7 Å². The van der Waals surface area contributed by atoms with Gasteiger partial charge in [0.1, 0.15) is 0 Å². The molecule has 1 amide bonds. The molecule has 0 saturated carbocycles. The minimum absolute atomic E-state index is 0.0360. The van der Waals surface area contributed by atoms with Crippen LogP contribution in [0.5, 0.6) is 11.5 Å². The standard InChI is InChI=1S/C18H24N2O4/c1-18(2,3)17(22)19-7-6-11-8-12-9-14(23-4)15(24-5)10-13(12)20-16(11)21/h8-10H,6-7H2,1-5H3,(H,19,22)(H,20,21). The van der Waals surface area contributed by atoms with Crippen LogP contribution in [-0.4, -0.2) is 31.7 Å². The number of benzene rings is 1. The smallest absolute Gasteiger partial charge is 0.251 e. The molecule has 0 saturated heterocycles. The van der Waals surface area contributed by atoms with Crippen molar-refractivity contribution >= 4 is 16.8 Å². The van der Waals surface area contributed by atoms with Gasteiger partial charge in [-0.3, -0.25) is 9.59 Å². The number of fused-ring (bicyclic) bond motifs is 1. The number of aromatic nitrogens is 1. The van der Waals surface area contributed by atoms with E-state index < -0.39 is 5.41 Å². The number of carbonyl (C=O) groups excluding carboxylic acids is 1. The van der Waals surface area contributed by atoms with E-state index in [4.69, 9.17) is 9.47 Å². The molecule has 24 heavy (non-hydrogen) atoms. The molecule has 1 aromatic heterocycles. The first kappa shape index (κ1) is 17.8. The van der Waals surface area contributed by atoms with Crippen molar-refractivity contribution in [2.75, 3.05) is 20.8 Å². The largest absolute Gasteiger partial charge is 0.493 e. The van der Waals surface area contributed by atoms with E-state index in [9.17, 15) is 9.59 Å². The van der Waals surface area contributed by atoms with Crippen LogP contribution in [0, 0.1) is 5.41 Å². The molecule has 6 heteroatoms. The van der Waals surface area contributed by atoms with Gasteiger partial charge in [-0.25, -0.2) is 0 Å². The van der Waals surface area contributed by atoms with Gasteiger partial charge in [-0.2, -0.15) is 0 Å². The Morgan fingerprint density at radius 2 is 1.75 bits per heavy atom. The fourth-order valence-electron chi connectivity index (χ4n) is 2.34. The second-order valence-corrected chi connectivity index (χ2v) is 6.67. The Morgan fingerprint density at radius 3 is 2.33 bits per heavy atom. The summed E-state index contributed by atoms with van der Waals surface area (Å²) in [5.41, 5.74) is 0.684. The molecule has 2 N–H and O–H groups in total. The predicted octanol–water partition coefficient (Wildman–Crippen LogP) is 2.25. The van der Waals surface area contributed by atoms with Crippen LogP contribution < -0.4 is 20.3 Å². The predicted molar refractivity (Wildman–Crippen MR) is 93.8 cm³/mol. The van der Waals surface area contributed by atoms with Gasteiger partial charge < -0.3 is 19.8 Å². The second-order valence-electron chi connectivity index (χ2n) is 6.67. The third-order valence-corrected chi connectivity index (χ3v) is 3.79. The van der Waals surface area contributed by atoms with E-state index in [0.29, 0.717) is 35.5 Å². The molecule has 0 aliphatic rings. The molecule has 0 spiro atoms. The lowest BCUT2D eigenvalue weighted by Gasteiger charge is -2.17. The van der Waals surface area contributed by atoms with Gasteiger partial charge in [-0.05, 0) is 18.6 Å². The van der Waals surface area contributed by atoms with Gasteiger partial charge >= 0.3 is 0 Å². The van der Waals surface area contributed by atoms with Gasteiger partial charge in [0.2, 0.25) is 5.91 Å². The maximum atomic E-state index is 12.2. The maximum absolute atomic E-state index is 12.2. The summed E-state index contributed by atoms with van der Waals surface area (Å²) in [4.78, 5) is 26.9. The minimum atomic E-state index is -0.445. The van der Waals surface area contributed by atoms with Crippen molar-refractivity contribution in [2.24, 2.45) is 5.41 Å². The molecule has 0 radical (unpaired) electrons. The van der Waals surface area contributed by atoms with Crippen LogP contribution >= 0.6 is 0 Å². The fourth-order valence-corrected chi connectivity index (χ4v) is 2.34. The summed E-state index contributed by atoms with van der Waals surface area (Å²) in [5, 5.41) is 3.70. The highest BCUT2D eigenvalue weighted by Gasteiger charge is 2.20. The molecule has 2 aromatic rings. The van der Waals surface area contributed by atoms with E-state index in [1.165, 1.54) is 0 Å². The minimum Gasteiger partial charge on any atom is -0.493 e. The molecule has 0 unspecified atom stereocenters. The second kappa shape index (κ2) is 6.95. The molecular formula is C18H24N2O4. The lowest BCUT2D eigenvalue weighted by Crippen LogP contribution is -2.36. The number of hydrogen-bond donors (Lipinski definition) is 2. The Labute approximate surface area is 141 Å². The van der Waals surface area contributed by atoms with E-state index in [-0.39, 0.29) is 11.5 Å². The third kappa shape index (κ3) is 3.88. The van der Waals surface area contributed by atoms with Crippen LogP contribution in [-0.2, 0) is 11.2 Å². The Kier molecular flexibility index (Phi) is 5.17. The Hall–Kier alpha value is -2.50. The van der Waals surface area contributed by atoms with Crippen LogP contribution in [0.1, 0.15) is 26.3 Å². The molecule has 0 aliphatic heterocycles. The molecule has 6 nitrogen and oxygen atoms in total. The summed E-state index contributed by atoms with van der Waals surface area (Å²) in [6, 6.07) is 5.38. The van der Waals surface area contributed by atoms with E-state index in [1.807, 2.05) is 32.9 Å². The van der Waals surface area contributed by atoms with E-state index in [0.717, 1.165) is 5.39 Å². The number of pyridine rings is 1. The Morgan fingerprint density at radius 1 is 1.12 bits per heavy atom. The van der Waals surface area contributed by atoms with Gasteiger partial charge in [-0.15, -0.1) is 0 Å². The van der Waals surface area contributed by atoms with Crippen molar-refractivity contribution in [3.8, 4) is 11.5 Å². The van der Waals surface area contributed by atoms with Crippen molar-refractivity contribution in [3.63, 3.8) is 0 Å². The molecule has 0 aliphatic carbocycles. The number of ether oxygens (including phenoxy) is 2. The number of nitrogens with one attached hydrogen (secondary N) is 2. The fraction of sp³-hybridized carbons (Fsp3) is 0.444. The molecular weight excluding hydrogens is 308 g/mol. The van der Waals surface area contributed by atoms with Crippen LogP contribution in [0.2, 0.25) is 0 Å². The summed E-state index contributed by atoms with van der Waals surface area (Å²) < 4.78 is 10.5. The number of aromatic amines is 1. The van der Waals surface area contributed by atoms with Crippen molar-refractivity contribution in [2.45, 2.75) is 27.2 Å². The summed E-state index contributed by atoms with van der Waals surface area (Å²) in [7, 11) is 3.12. The SMILES string of the molecule is COc1cc2cc(CCNC(=O)C(C)(C)C)c(=O)[nH]c2cc1OC. The molecule has 2 rings (SSSR count). The molecule has 1 heterocycles. The molecule has 0 atom stereocenters. The normalized spacial score (nSPS) is 11.4. The van der Waals surface area contributed by atoms with Crippen LogP contribution in [0.3, 0.4) is 0 Å². The van der Waals surface area contributed by atoms with Gasteiger partial charge in [-0.1, -0.05) is 20.8 Å². The third-order valence-electron chi connectivity index (χ3n) is 3.79.